The second-order valence-electron chi connectivity index (χ2n) is 5.44. The van der Waals surface area contributed by atoms with Crippen molar-refractivity contribution in [2.75, 3.05) is 6.73 Å². The molecule has 1 fully saturated rings. The summed E-state index contributed by atoms with van der Waals surface area (Å²) in [6, 6.07) is 4.39. The van der Waals surface area contributed by atoms with E-state index in [4.69, 9.17) is 10.2 Å². The highest BCUT2D eigenvalue weighted by Crippen LogP contribution is 2.29. The Kier molecular flexibility index (Phi) is 3.67. The van der Waals surface area contributed by atoms with Crippen LogP contribution in [0.5, 0.6) is 0 Å². The molecule has 0 saturated carbocycles. The molecule has 1 atom stereocenters. The van der Waals surface area contributed by atoms with Crippen LogP contribution in [0.2, 0.25) is 0 Å². The van der Waals surface area contributed by atoms with Crippen LogP contribution in [0.1, 0.15) is 34.3 Å². The van der Waals surface area contributed by atoms with Crippen molar-refractivity contribution in [3.05, 3.63) is 34.9 Å². The Morgan fingerprint density at radius 2 is 1.95 bits per heavy atom. The number of piperidine rings is 1. The minimum Gasteiger partial charge on any atom is -0.392 e. The lowest BCUT2D eigenvalue weighted by Crippen LogP contribution is -2.54. The maximum absolute atomic E-state index is 12.5. The summed E-state index contributed by atoms with van der Waals surface area (Å²) >= 11 is 0. The average Bonchev–Trinajstić information content (AvgIpc) is 2.84. The molecule has 2 aliphatic rings. The fourth-order valence-corrected chi connectivity index (χ4v) is 2.98. The maximum atomic E-state index is 12.5. The first kappa shape index (κ1) is 14.7. The summed E-state index contributed by atoms with van der Waals surface area (Å²) in [4.78, 5) is 38.6. The van der Waals surface area contributed by atoms with Gasteiger partial charge in [0.15, 0.2) is 0 Å². The van der Waals surface area contributed by atoms with Gasteiger partial charge in [0.05, 0.1) is 6.61 Å². The molecule has 1 unspecified atom stereocenters. The van der Waals surface area contributed by atoms with Crippen molar-refractivity contribution >= 4 is 17.7 Å². The Bertz CT molecular complexity index is 657. The first-order valence-corrected chi connectivity index (χ1v) is 7.05. The number of nitrogens with zero attached hydrogens (tertiary/aromatic N) is 2. The normalized spacial score (nSPS) is 21.5. The van der Waals surface area contributed by atoms with Gasteiger partial charge in [-0.3, -0.25) is 19.3 Å². The van der Waals surface area contributed by atoms with Crippen molar-refractivity contribution in [2.24, 2.45) is 0 Å². The first-order valence-electron chi connectivity index (χ1n) is 7.05. The van der Waals surface area contributed by atoms with Crippen LogP contribution >= 0.6 is 0 Å². The number of carbonyl (C=O) groups excluding carboxylic acids is 3. The molecule has 1 aromatic carbocycles. The number of carbonyl (C=O) groups is 3. The number of amides is 3. The number of hydrogen-bond acceptors (Lipinski definition) is 5. The third kappa shape index (κ3) is 2.18. The van der Waals surface area contributed by atoms with Crippen molar-refractivity contribution in [2.45, 2.75) is 32.0 Å². The van der Waals surface area contributed by atoms with Gasteiger partial charge in [-0.15, -0.1) is 0 Å². The van der Waals surface area contributed by atoms with E-state index in [0.717, 1.165) is 10.5 Å². The number of fused-ring (bicyclic) bond motifs is 1. The number of imide groups is 1. The lowest BCUT2D eigenvalue weighted by molar-refractivity contribution is -0.156. The monoisotopic (exact) mass is 304 g/mol. The van der Waals surface area contributed by atoms with Gasteiger partial charge in [0.1, 0.15) is 12.8 Å². The SMILES string of the molecule is O=C1CCC(N2Cc3ccc(CO)cc3C2=O)C(=O)N1CO. The van der Waals surface area contributed by atoms with Gasteiger partial charge in [-0.1, -0.05) is 12.1 Å². The summed E-state index contributed by atoms with van der Waals surface area (Å²) in [5, 5.41) is 18.3. The highest BCUT2D eigenvalue weighted by atomic mass is 16.3. The molecular weight excluding hydrogens is 288 g/mol. The molecule has 3 rings (SSSR count). The number of hydrogen-bond donors (Lipinski definition) is 2. The fraction of sp³-hybridized carbons (Fsp3) is 0.400. The zero-order valence-corrected chi connectivity index (χ0v) is 11.9. The van der Waals surface area contributed by atoms with E-state index in [1.807, 2.05) is 0 Å². The molecule has 116 valence electrons. The number of benzene rings is 1. The van der Waals surface area contributed by atoms with E-state index in [0.29, 0.717) is 17.7 Å². The summed E-state index contributed by atoms with van der Waals surface area (Å²) < 4.78 is 0. The van der Waals surface area contributed by atoms with Gasteiger partial charge >= 0.3 is 0 Å². The van der Waals surface area contributed by atoms with Crippen LogP contribution < -0.4 is 0 Å². The van der Waals surface area contributed by atoms with Crippen LogP contribution in [0.4, 0.5) is 0 Å². The minimum absolute atomic E-state index is 0.124. The van der Waals surface area contributed by atoms with Crippen LogP contribution in [0.25, 0.3) is 0 Å². The van der Waals surface area contributed by atoms with Crippen molar-refractivity contribution < 1.29 is 24.6 Å². The van der Waals surface area contributed by atoms with Crippen LogP contribution in [0.15, 0.2) is 18.2 Å². The smallest absolute Gasteiger partial charge is 0.255 e. The van der Waals surface area contributed by atoms with Crippen LogP contribution in [0.3, 0.4) is 0 Å². The van der Waals surface area contributed by atoms with Crippen LogP contribution in [-0.4, -0.2) is 50.5 Å². The lowest BCUT2D eigenvalue weighted by atomic mass is 10.0. The third-order valence-corrected chi connectivity index (χ3v) is 4.19. The Hall–Kier alpha value is -2.25. The molecule has 22 heavy (non-hydrogen) atoms. The van der Waals surface area contributed by atoms with E-state index in [9.17, 15) is 14.4 Å². The van der Waals surface area contributed by atoms with Gasteiger partial charge in [0.25, 0.3) is 11.8 Å². The van der Waals surface area contributed by atoms with Crippen molar-refractivity contribution in [3.63, 3.8) is 0 Å². The van der Waals surface area contributed by atoms with Gasteiger partial charge in [-0.05, 0) is 23.6 Å². The lowest BCUT2D eigenvalue weighted by Gasteiger charge is -2.34. The van der Waals surface area contributed by atoms with E-state index >= 15 is 0 Å². The highest BCUT2D eigenvalue weighted by molar-refractivity contribution is 6.05. The molecule has 7 heteroatoms. The molecule has 0 bridgehead atoms. The highest BCUT2D eigenvalue weighted by Gasteiger charge is 2.42. The van der Waals surface area contributed by atoms with Gasteiger partial charge in [-0.25, -0.2) is 0 Å². The van der Waals surface area contributed by atoms with E-state index in [2.05, 4.69) is 0 Å². The average molecular weight is 304 g/mol. The molecule has 2 heterocycles. The van der Waals surface area contributed by atoms with Crippen LogP contribution in [-0.2, 0) is 22.7 Å². The van der Waals surface area contributed by atoms with Gasteiger partial charge in [0.2, 0.25) is 5.91 Å². The zero-order chi connectivity index (χ0) is 15.9. The van der Waals surface area contributed by atoms with Crippen molar-refractivity contribution in [1.29, 1.82) is 0 Å². The fourth-order valence-electron chi connectivity index (χ4n) is 2.98. The molecule has 0 aliphatic carbocycles. The quantitative estimate of drug-likeness (QED) is 0.741. The van der Waals surface area contributed by atoms with Crippen molar-refractivity contribution in [3.8, 4) is 0 Å². The molecular formula is C15H16N2O5. The largest absolute Gasteiger partial charge is 0.392 e. The van der Waals surface area contributed by atoms with Crippen molar-refractivity contribution in [1.82, 2.24) is 9.80 Å². The van der Waals surface area contributed by atoms with E-state index < -0.39 is 24.6 Å². The van der Waals surface area contributed by atoms with Crippen LogP contribution in [0, 0.1) is 0 Å². The van der Waals surface area contributed by atoms with Gasteiger partial charge < -0.3 is 15.1 Å². The molecule has 1 aromatic rings. The number of likely N-dealkylation sites (tertiary alicyclic amines) is 1. The predicted octanol–water partition coefficient (Wildman–Crippen LogP) is -0.398. The second-order valence-corrected chi connectivity index (χ2v) is 5.44. The molecule has 0 radical (unpaired) electrons. The number of rotatable bonds is 3. The van der Waals surface area contributed by atoms with Gasteiger partial charge in [-0.2, -0.15) is 0 Å². The minimum atomic E-state index is -0.734. The predicted molar refractivity (Wildman–Crippen MR) is 74.2 cm³/mol. The molecule has 0 spiro atoms. The Labute approximate surface area is 126 Å². The summed E-state index contributed by atoms with van der Waals surface area (Å²) in [6.45, 7) is -0.530. The Morgan fingerprint density at radius 1 is 1.18 bits per heavy atom. The summed E-state index contributed by atoms with van der Waals surface area (Å²) in [6.07, 6.45) is 0.389. The Morgan fingerprint density at radius 3 is 2.64 bits per heavy atom. The first-order chi connectivity index (χ1) is 10.6. The van der Waals surface area contributed by atoms with Gasteiger partial charge in [0, 0.05) is 18.5 Å². The zero-order valence-electron chi connectivity index (χ0n) is 11.9. The standard InChI is InChI=1S/C15H16N2O5/c18-7-9-1-2-10-6-16(14(21)11(10)5-9)12-3-4-13(20)17(8-19)15(12)22/h1-2,5,12,18-19H,3-4,6-8H2. The van der Waals surface area contributed by atoms with E-state index in [1.54, 1.807) is 18.2 Å². The molecule has 1 saturated heterocycles. The molecule has 3 amide bonds. The molecule has 0 aromatic heterocycles. The second kappa shape index (κ2) is 5.51. The number of aliphatic hydroxyl groups is 2. The molecule has 2 N–H and O–H groups in total. The van der Waals surface area contributed by atoms with E-state index in [1.165, 1.54) is 4.90 Å². The molecule has 7 nitrogen and oxygen atoms in total. The summed E-state index contributed by atoms with van der Waals surface area (Å²) in [7, 11) is 0. The third-order valence-electron chi connectivity index (χ3n) is 4.19. The maximum Gasteiger partial charge on any atom is 0.255 e. The Balaban J connectivity index is 1.87. The van der Waals surface area contributed by atoms with E-state index in [-0.39, 0.29) is 25.4 Å². The summed E-state index contributed by atoms with van der Waals surface area (Å²) in [5.74, 6) is -1.24. The molecule has 2 aliphatic heterocycles. The summed E-state index contributed by atoms with van der Waals surface area (Å²) in [5.41, 5.74) is 1.91. The number of aliphatic hydroxyl groups excluding tert-OH is 2. The topological polar surface area (TPSA) is 98.2 Å².